The van der Waals surface area contributed by atoms with Crippen LogP contribution < -0.4 is 5.32 Å². The summed E-state index contributed by atoms with van der Waals surface area (Å²) in [6.07, 6.45) is 3.09. The predicted molar refractivity (Wildman–Crippen MR) is 62.1 cm³/mol. The summed E-state index contributed by atoms with van der Waals surface area (Å²) < 4.78 is 0. The van der Waals surface area contributed by atoms with Crippen molar-refractivity contribution in [3.05, 3.63) is 24.0 Å². The van der Waals surface area contributed by atoms with Crippen molar-refractivity contribution in [2.75, 3.05) is 5.32 Å². The third kappa shape index (κ3) is 4.21. The fraction of sp³-hybridized carbons (Fsp3) is 0.417. The van der Waals surface area contributed by atoms with E-state index in [2.05, 4.69) is 10.3 Å². The van der Waals surface area contributed by atoms with E-state index in [9.17, 15) is 9.59 Å². The van der Waals surface area contributed by atoms with Crippen molar-refractivity contribution in [1.29, 1.82) is 0 Å². The Morgan fingerprint density at radius 3 is 2.75 bits per heavy atom. The Kier molecular flexibility index (Phi) is 4.64. The number of hydrogen-bond acceptors (Lipinski definition) is 3. The lowest BCUT2D eigenvalue weighted by Gasteiger charge is -2.04. The fourth-order valence-electron chi connectivity index (χ4n) is 1.41. The van der Waals surface area contributed by atoms with Gasteiger partial charge in [-0.15, -0.1) is 0 Å². The van der Waals surface area contributed by atoms with Gasteiger partial charge in [0.25, 0.3) is 0 Å². The van der Waals surface area contributed by atoms with Crippen LogP contribution >= 0.6 is 0 Å². The molecule has 4 heteroatoms. The number of ketones is 1. The first kappa shape index (κ1) is 12.4. The van der Waals surface area contributed by atoms with Gasteiger partial charge in [-0.25, -0.2) is 0 Å². The van der Waals surface area contributed by atoms with Crippen molar-refractivity contribution in [1.82, 2.24) is 4.98 Å². The molecule has 0 aliphatic carbocycles. The average Bonchev–Trinajstić information content (AvgIpc) is 2.20. The summed E-state index contributed by atoms with van der Waals surface area (Å²) in [7, 11) is 0. The van der Waals surface area contributed by atoms with Crippen LogP contribution in [0.2, 0.25) is 0 Å². The van der Waals surface area contributed by atoms with Gasteiger partial charge in [-0.1, -0.05) is 13.8 Å². The summed E-state index contributed by atoms with van der Waals surface area (Å²) >= 11 is 0. The maximum absolute atomic E-state index is 11.5. The van der Waals surface area contributed by atoms with Gasteiger partial charge < -0.3 is 5.32 Å². The lowest BCUT2D eigenvalue weighted by Crippen LogP contribution is -2.07. The van der Waals surface area contributed by atoms with Crippen LogP contribution in [0.25, 0.3) is 0 Å². The van der Waals surface area contributed by atoms with Crippen LogP contribution in [0.4, 0.5) is 5.69 Å². The highest BCUT2D eigenvalue weighted by Gasteiger charge is 2.07. The van der Waals surface area contributed by atoms with Crippen LogP contribution in [0.1, 0.15) is 26.0 Å². The van der Waals surface area contributed by atoms with Gasteiger partial charge >= 0.3 is 0 Å². The Labute approximate surface area is 95.1 Å². The van der Waals surface area contributed by atoms with Crippen molar-refractivity contribution >= 4 is 17.9 Å². The molecule has 0 unspecified atom stereocenters. The molecule has 16 heavy (non-hydrogen) atoms. The average molecular weight is 220 g/mol. The first-order chi connectivity index (χ1) is 7.61. The molecule has 1 N–H and O–H groups in total. The molecule has 0 saturated heterocycles. The maximum atomic E-state index is 11.5. The Balaban J connectivity index is 2.54. The number of carbonyl (C=O) groups is 2. The third-order valence-electron chi connectivity index (χ3n) is 2.06. The molecule has 0 atom stereocenters. The van der Waals surface area contributed by atoms with E-state index in [1.165, 1.54) is 0 Å². The molecule has 0 fully saturated rings. The molecule has 0 spiro atoms. The summed E-state index contributed by atoms with van der Waals surface area (Å²) in [5, 5.41) is 2.49. The smallest absolute Gasteiger partial charge is 0.211 e. The number of aromatic nitrogens is 1. The molecule has 1 amide bonds. The molecule has 0 aliphatic heterocycles. The highest BCUT2D eigenvalue weighted by Crippen LogP contribution is 2.08. The van der Waals surface area contributed by atoms with Gasteiger partial charge in [0.15, 0.2) is 0 Å². The zero-order valence-electron chi connectivity index (χ0n) is 9.56. The topological polar surface area (TPSA) is 59.1 Å². The van der Waals surface area contributed by atoms with E-state index in [0.717, 1.165) is 5.69 Å². The number of nitrogens with one attached hydrogen (secondary N) is 1. The van der Waals surface area contributed by atoms with Gasteiger partial charge in [0.2, 0.25) is 6.41 Å². The maximum Gasteiger partial charge on any atom is 0.211 e. The second-order valence-corrected chi connectivity index (χ2v) is 4.11. The summed E-state index contributed by atoms with van der Waals surface area (Å²) in [5.41, 5.74) is 1.37. The largest absolute Gasteiger partial charge is 0.327 e. The predicted octanol–water partition coefficient (Wildman–Crippen LogP) is 1.81. The second kappa shape index (κ2) is 6.00. The van der Waals surface area contributed by atoms with Crippen molar-refractivity contribution in [3.8, 4) is 0 Å². The Morgan fingerprint density at radius 2 is 2.25 bits per heavy atom. The van der Waals surface area contributed by atoms with Crippen molar-refractivity contribution < 1.29 is 9.59 Å². The van der Waals surface area contributed by atoms with Gasteiger partial charge in [-0.3, -0.25) is 14.6 Å². The van der Waals surface area contributed by atoms with E-state index in [-0.39, 0.29) is 5.78 Å². The normalized spacial score (nSPS) is 10.2. The summed E-state index contributed by atoms with van der Waals surface area (Å²) in [6, 6.07) is 3.49. The number of Topliss-reactive ketones (excluding diaryl/α,β-unsaturated/α-hetero) is 1. The Bertz CT molecular complexity index is 358. The number of rotatable bonds is 6. The highest BCUT2D eigenvalue weighted by atomic mass is 16.1. The molecule has 0 aliphatic rings. The van der Waals surface area contributed by atoms with E-state index in [1.807, 2.05) is 13.8 Å². The molecule has 4 nitrogen and oxygen atoms in total. The Morgan fingerprint density at radius 1 is 1.50 bits per heavy atom. The molecular weight excluding hydrogens is 204 g/mol. The zero-order valence-corrected chi connectivity index (χ0v) is 9.56. The summed E-state index contributed by atoms with van der Waals surface area (Å²) in [5.74, 6) is 0.571. The minimum absolute atomic E-state index is 0.193. The number of hydrogen-bond donors (Lipinski definition) is 1. The van der Waals surface area contributed by atoms with Crippen LogP contribution in [0.3, 0.4) is 0 Å². The van der Waals surface area contributed by atoms with Crippen LogP contribution in [-0.4, -0.2) is 17.2 Å². The zero-order chi connectivity index (χ0) is 12.0. The van der Waals surface area contributed by atoms with Crippen molar-refractivity contribution in [2.24, 2.45) is 5.92 Å². The molecule has 86 valence electrons. The molecular formula is C12H16N2O2. The molecule has 0 saturated carbocycles. The SMILES string of the molecule is CC(C)CC(=O)Cc1ccc(NC=O)cn1. The van der Waals surface area contributed by atoms with Gasteiger partial charge in [0.1, 0.15) is 5.78 Å². The van der Waals surface area contributed by atoms with Crippen LogP contribution in [0, 0.1) is 5.92 Å². The molecule has 0 radical (unpaired) electrons. The number of carbonyl (C=O) groups excluding carboxylic acids is 2. The number of nitrogens with zero attached hydrogens (tertiary/aromatic N) is 1. The van der Waals surface area contributed by atoms with Gasteiger partial charge in [-0.2, -0.15) is 0 Å². The van der Waals surface area contributed by atoms with Crippen LogP contribution in [-0.2, 0) is 16.0 Å². The van der Waals surface area contributed by atoms with Gasteiger partial charge in [0.05, 0.1) is 11.9 Å². The molecule has 1 aromatic heterocycles. The van der Waals surface area contributed by atoms with E-state index >= 15 is 0 Å². The van der Waals surface area contributed by atoms with Crippen LogP contribution in [0.15, 0.2) is 18.3 Å². The second-order valence-electron chi connectivity index (χ2n) is 4.11. The lowest BCUT2D eigenvalue weighted by molar-refractivity contribution is -0.119. The Hall–Kier alpha value is -1.71. The van der Waals surface area contributed by atoms with Gasteiger partial charge in [0, 0.05) is 18.5 Å². The first-order valence-electron chi connectivity index (χ1n) is 5.28. The molecule has 1 rings (SSSR count). The number of anilines is 1. The molecule has 0 aromatic carbocycles. The molecule has 1 aromatic rings. The first-order valence-corrected chi connectivity index (χ1v) is 5.28. The highest BCUT2D eigenvalue weighted by molar-refractivity contribution is 5.80. The van der Waals surface area contributed by atoms with Crippen molar-refractivity contribution in [2.45, 2.75) is 26.7 Å². The quantitative estimate of drug-likeness (QED) is 0.744. The third-order valence-corrected chi connectivity index (χ3v) is 2.06. The molecule has 1 heterocycles. The van der Waals surface area contributed by atoms with Gasteiger partial charge in [-0.05, 0) is 18.1 Å². The van der Waals surface area contributed by atoms with E-state index < -0.39 is 0 Å². The monoisotopic (exact) mass is 220 g/mol. The van der Waals surface area contributed by atoms with Crippen molar-refractivity contribution in [3.63, 3.8) is 0 Å². The standard InChI is InChI=1S/C12H16N2O2/c1-9(2)5-12(16)6-10-3-4-11(7-13-10)14-8-15/h3-4,7-9H,5-6H2,1-2H3,(H,14,15). The minimum atomic E-state index is 0.193. The number of pyridine rings is 1. The molecule has 0 bridgehead atoms. The van der Waals surface area contributed by atoms with Crippen LogP contribution in [0.5, 0.6) is 0 Å². The lowest BCUT2D eigenvalue weighted by atomic mass is 10.0. The van der Waals surface area contributed by atoms with E-state index in [4.69, 9.17) is 0 Å². The summed E-state index contributed by atoms with van der Waals surface area (Å²) in [4.78, 5) is 25.8. The minimum Gasteiger partial charge on any atom is -0.327 e. The number of amides is 1. The van der Waals surface area contributed by atoms with E-state index in [1.54, 1.807) is 18.3 Å². The fourth-order valence-corrected chi connectivity index (χ4v) is 1.41. The summed E-state index contributed by atoms with van der Waals surface area (Å²) in [6.45, 7) is 4.03. The van der Waals surface area contributed by atoms with E-state index in [0.29, 0.717) is 30.9 Å².